The van der Waals surface area contributed by atoms with Crippen LogP contribution in [-0.2, 0) is 4.79 Å². The molecule has 1 aliphatic heterocycles. The average molecular weight is 248 g/mol. The van der Waals surface area contributed by atoms with Crippen LogP contribution >= 0.6 is 0 Å². The monoisotopic (exact) mass is 248 g/mol. The summed E-state index contributed by atoms with van der Waals surface area (Å²) in [6.07, 6.45) is 0. The maximum absolute atomic E-state index is 11.8. The minimum absolute atomic E-state index is 0.0125. The first-order valence-electron chi connectivity index (χ1n) is 6.44. The zero-order valence-electron chi connectivity index (χ0n) is 10.9. The van der Waals surface area contributed by atoms with E-state index in [2.05, 4.69) is 10.6 Å². The summed E-state index contributed by atoms with van der Waals surface area (Å²) in [7, 11) is 0. The zero-order chi connectivity index (χ0) is 13.0. The van der Waals surface area contributed by atoms with Gasteiger partial charge in [0.05, 0.1) is 18.6 Å². The number of hydrogen-bond donors (Lipinski definition) is 2. The fourth-order valence-corrected chi connectivity index (χ4v) is 1.93. The maximum Gasteiger partial charge on any atom is 0.226 e. The molecule has 0 radical (unpaired) electrons. The highest BCUT2D eigenvalue weighted by molar-refractivity contribution is 5.80. The van der Waals surface area contributed by atoms with Crippen LogP contribution in [0.3, 0.4) is 0 Å². The Balaban J connectivity index is 1.96. The van der Waals surface area contributed by atoms with Gasteiger partial charge in [0.1, 0.15) is 5.75 Å². The van der Waals surface area contributed by atoms with Gasteiger partial charge in [0, 0.05) is 13.1 Å². The Morgan fingerprint density at radius 1 is 1.56 bits per heavy atom. The molecule has 4 nitrogen and oxygen atoms in total. The third-order valence-electron chi connectivity index (χ3n) is 3.18. The first-order chi connectivity index (χ1) is 8.70. The number of carbonyl (C=O) groups excluding carboxylic acids is 1. The van der Waals surface area contributed by atoms with Gasteiger partial charge in [0.2, 0.25) is 5.91 Å². The highest BCUT2D eigenvalue weighted by atomic mass is 16.5. The molecule has 0 spiro atoms. The SMILES string of the molecule is CCOc1cccc(C(C)NC(=O)C2CNC2)c1. The van der Waals surface area contributed by atoms with Crippen LogP contribution in [0.15, 0.2) is 24.3 Å². The fraction of sp³-hybridized carbons (Fsp3) is 0.500. The third kappa shape index (κ3) is 3.01. The summed E-state index contributed by atoms with van der Waals surface area (Å²) in [6.45, 7) is 6.18. The summed E-state index contributed by atoms with van der Waals surface area (Å²) in [5.41, 5.74) is 1.07. The zero-order valence-corrected chi connectivity index (χ0v) is 10.9. The molecule has 0 aromatic heterocycles. The van der Waals surface area contributed by atoms with Crippen molar-refractivity contribution in [2.24, 2.45) is 5.92 Å². The Morgan fingerprint density at radius 2 is 2.33 bits per heavy atom. The van der Waals surface area contributed by atoms with Crippen LogP contribution in [-0.4, -0.2) is 25.6 Å². The van der Waals surface area contributed by atoms with Gasteiger partial charge in [-0.3, -0.25) is 4.79 Å². The molecule has 1 saturated heterocycles. The molecule has 1 heterocycles. The molecule has 18 heavy (non-hydrogen) atoms. The number of nitrogens with one attached hydrogen (secondary N) is 2. The van der Waals surface area contributed by atoms with Crippen LogP contribution < -0.4 is 15.4 Å². The van der Waals surface area contributed by atoms with Crippen molar-refractivity contribution < 1.29 is 9.53 Å². The molecule has 0 saturated carbocycles. The minimum atomic E-state index is 0.0125. The van der Waals surface area contributed by atoms with Crippen LogP contribution in [0.2, 0.25) is 0 Å². The average Bonchev–Trinajstić information content (AvgIpc) is 2.27. The number of carbonyl (C=O) groups is 1. The van der Waals surface area contributed by atoms with Crippen molar-refractivity contribution >= 4 is 5.91 Å². The van der Waals surface area contributed by atoms with Crippen molar-refractivity contribution in [3.63, 3.8) is 0 Å². The van der Waals surface area contributed by atoms with E-state index in [1.165, 1.54) is 0 Å². The largest absolute Gasteiger partial charge is 0.494 e. The van der Waals surface area contributed by atoms with E-state index in [0.717, 1.165) is 24.4 Å². The molecule has 98 valence electrons. The Bertz CT molecular complexity index is 416. The number of amides is 1. The molecule has 1 atom stereocenters. The molecule has 1 amide bonds. The van der Waals surface area contributed by atoms with Crippen LogP contribution in [0.25, 0.3) is 0 Å². The van der Waals surface area contributed by atoms with Gasteiger partial charge in [0.15, 0.2) is 0 Å². The van der Waals surface area contributed by atoms with Gasteiger partial charge in [0.25, 0.3) is 0 Å². The van der Waals surface area contributed by atoms with Crippen molar-refractivity contribution in [3.05, 3.63) is 29.8 Å². The lowest BCUT2D eigenvalue weighted by atomic mass is 10.0. The molecule has 4 heteroatoms. The van der Waals surface area contributed by atoms with E-state index < -0.39 is 0 Å². The Hall–Kier alpha value is -1.55. The molecule has 1 aromatic carbocycles. The Kier molecular flexibility index (Phi) is 4.20. The van der Waals surface area contributed by atoms with E-state index in [1.54, 1.807) is 0 Å². The van der Waals surface area contributed by atoms with Crippen molar-refractivity contribution in [2.45, 2.75) is 19.9 Å². The maximum atomic E-state index is 11.8. The molecule has 1 aromatic rings. The lowest BCUT2D eigenvalue weighted by Gasteiger charge is -2.27. The summed E-state index contributed by atoms with van der Waals surface area (Å²) in [4.78, 5) is 11.8. The second-order valence-electron chi connectivity index (χ2n) is 4.59. The first-order valence-corrected chi connectivity index (χ1v) is 6.44. The summed E-state index contributed by atoms with van der Waals surface area (Å²) in [6, 6.07) is 7.88. The Labute approximate surface area is 108 Å². The molecular weight excluding hydrogens is 228 g/mol. The van der Waals surface area contributed by atoms with Crippen molar-refractivity contribution in [1.29, 1.82) is 0 Å². The van der Waals surface area contributed by atoms with E-state index >= 15 is 0 Å². The van der Waals surface area contributed by atoms with E-state index in [1.807, 2.05) is 38.1 Å². The van der Waals surface area contributed by atoms with Crippen LogP contribution in [0.1, 0.15) is 25.5 Å². The lowest BCUT2D eigenvalue weighted by Crippen LogP contribution is -2.51. The normalized spacial score (nSPS) is 16.8. The molecule has 0 aliphatic carbocycles. The summed E-state index contributed by atoms with van der Waals surface area (Å²) < 4.78 is 5.46. The van der Waals surface area contributed by atoms with Gasteiger partial charge in [-0.05, 0) is 31.5 Å². The topological polar surface area (TPSA) is 50.4 Å². The summed E-state index contributed by atoms with van der Waals surface area (Å²) in [5.74, 6) is 1.10. The third-order valence-corrected chi connectivity index (χ3v) is 3.18. The molecule has 0 bridgehead atoms. The first kappa shape index (κ1) is 12.9. The molecule has 2 rings (SSSR count). The number of benzene rings is 1. The highest BCUT2D eigenvalue weighted by Crippen LogP contribution is 2.19. The predicted molar refractivity (Wildman–Crippen MR) is 70.5 cm³/mol. The van der Waals surface area contributed by atoms with E-state index in [0.29, 0.717) is 6.61 Å². The summed E-state index contributed by atoms with van der Waals surface area (Å²) in [5, 5.41) is 6.13. The quantitative estimate of drug-likeness (QED) is 0.830. The predicted octanol–water partition coefficient (Wildman–Crippen LogP) is 1.48. The van der Waals surface area contributed by atoms with Gasteiger partial charge >= 0.3 is 0 Å². The van der Waals surface area contributed by atoms with E-state index in [4.69, 9.17) is 4.74 Å². The second kappa shape index (κ2) is 5.87. The molecule has 2 N–H and O–H groups in total. The van der Waals surface area contributed by atoms with Crippen molar-refractivity contribution in [1.82, 2.24) is 10.6 Å². The smallest absolute Gasteiger partial charge is 0.226 e. The van der Waals surface area contributed by atoms with E-state index in [-0.39, 0.29) is 17.9 Å². The van der Waals surface area contributed by atoms with Crippen LogP contribution in [0, 0.1) is 5.92 Å². The molecular formula is C14H20N2O2. The van der Waals surface area contributed by atoms with Gasteiger partial charge in [-0.15, -0.1) is 0 Å². The highest BCUT2D eigenvalue weighted by Gasteiger charge is 2.25. The second-order valence-corrected chi connectivity index (χ2v) is 4.59. The lowest BCUT2D eigenvalue weighted by molar-refractivity contribution is -0.127. The number of hydrogen-bond acceptors (Lipinski definition) is 3. The fourth-order valence-electron chi connectivity index (χ4n) is 1.93. The van der Waals surface area contributed by atoms with Crippen LogP contribution in [0.5, 0.6) is 5.75 Å². The minimum Gasteiger partial charge on any atom is -0.494 e. The molecule has 1 unspecified atom stereocenters. The van der Waals surface area contributed by atoms with Gasteiger partial charge in [-0.2, -0.15) is 0 Å². The van der Waals surface area contributed by atoms with Gasteiger partial charge in [-0.25, -0.2) is 0 Å². The van der Waals surface area contributed by atoms with Crippen molar-refractivity contribution in [3.8, 4) is 5.75 Å². The van der Waals surface area contributed by atoms with Gasteiger partial charge in [-0.1, -0.05) is 12.1 Å². The number of rotatable bonds is 5. The standard InChI is InChI=1S/C14H20N2O2/c1-3-18-13-6-4-5-11(7-13)10(2)16-14(17)12-8-15-9-12/h4-7,10,12,15H,3,8-9H2,1-2H3,(H,16,17). The Morgan fingerprint density at radius 3 is 2.94 bits per heavy atom. The molecule has 1 aliphatic rings. The number of ether oxygens (including phenoxy) is 1. The summed E-state index contributed by atoms with van der Waals surface area (Å²) >= 11 is 0. The van der Waals surface area contributed by atoms with Gasteiger partial charge < -0.3 is 15.4 Å². The van der Waals surface area contributed by atoms with Crippen molar-refractivity contribution in [2.75, 3.05) is 19.7 Å². The molecule has 1 fully saturated rings. The van der Waals surface area contributed by atoms with E-state index in [9.17, 15) is 4.79 Å². The van der Waals surface area contributed by atoms with Crippen LogP contribution in [0.4, 0.5) is 0 Å².